The van der Waals surface area contributed by atoms with E-state index in [1.54, 1.807) is 0 Å². The van der Waals surface area contributed by atoms with Crippen LogP contribution in [-0.4, -0.2) is 28.3 Å². The smallest absolute Gasteiger partial charge is 0.269 e. The first-order valence-corrected chi connectivity index (χ1v) is 4.22. The van der Waals surface area contributed by atoms with Crippen molar-refractivity contribution >= 4 is 11.8 Å². The molecule has 7 nitrogen and oxygen atoms in total. The minimum Gasteiger partial charge on any atom is -0.364 e. The highest BCUT2D eigenvalue weighted by Gasteiger charge is 2.13. The highest BCUT2D eigenvalue weighted by atomic mass is 16.1. The Kier molecular flexibility index (Phi) is 3.29. The lowest BCUT2D eigenvalue weighted by Crippen LogP contribution is -2.22. The van der Waals surface area contributed by atoms with Gasteiger partial charge in [-0.05, 0) is 6.54 Å². The summed E-state index contributed by atoms with van der Waals surface area (Å²) < 4.78 is 0. The van der Waals surface area contributed by atoms with E-state index in [1.807, 2.05) is 0 Å². The number of carbonyl (C=O) groups excluding carboxylic acids is 2. The predicted molar refractivity (Wildman–Crippen MR) is 51.8 cm³/mol. The molecule has 7 heteroatoms. The Morgan fingerprint density at radius 3 is 2.40 bits per heavy atom. The van der Waals surface area contributed by atoms with Crippen molar-refractivity contribution in [3.8, 4) is 0 Å². The molecule has 6 N–H and O–H groups in total. The molecule has 1 aromatic rings. The summed E-state index contributed by atoms with van der Waals surface area (Å²) in [5, 5.41) is 0. The molecule has 0 bridgehead atoms. The number of amides is 2. The van der Waals surface area contributed by atoms with Crippen LogP contribution in [0.25, 0.3) is 0 Å². The largest absolute Gasteiger partial charge is 0.364 e. The van der Waals surface area contributed by atoms with Gasteiger partial charge < -0.3 is 17.2 Å². The number of carbonyl (C=O) groups is 2. The summed E-state index contributed by atoms with van der Waals surface area (Å²) in [5.41, 5.74) is 15.7. The lowest BCUT2D eigenvalue weighted by molar-refractivity contribution is 0.0979. The minimum absolute atomic E-state index is 0.0107. The SMILES string of the molecule is NCCc1nc(C(N)=O)cnc1C(N)=O. The van der Waals surface area contributed by atoms with E-state index < -0.39 is 11.8 Å². The second-order valence-electron chi connectivity index (χ2n) is 2.82. The van der Waals surface area contributed by atoms with Crippen molar-refractivity contribution in [1.29, 1.82) is 0 Å². The van der Waals surface area contributed by atoms with Crippen molar-refractivity contribution in [1.82, 2.24) is 9.97 Å². The van der Waals surface area contributed by atoms with Crippen LogP contribution in [-0.2, 0) is 6.42 Å². The van der Waals surface area contributed by atoms with Crippen LogP contribution in [0.2, 0.25) is 0 Å². The van der Waals surface area contributed by atoms with Gasteiger partial charge in [0.15, 0.2) is 0 Å². The summed E-state index contributed by atoms with van der Waals surface area (Å²) in [5.74, 6) is -1.42. The third-order valence-corrected chi connectivity index (χ3v) is 1.71. The molecule has 0 unspecified atom stereocenters. The summed E-state index contributed by atoms with van der Waals surface area (Å²) in [7, 11) is 0. The van der Waals surface area contributed by atoms with Gasteiger partial charge in [0.1, 0.15) is 11.4 Å². The average molecular weight is 209 g/mol. The standard InChI is InChI=1S/C8H11N5O2/c9-2-1-4-6(8(11)15)12-3-5(13-4)7(10)14/h3H,1-2,9H2,(H2,10,14)(H2,11,15). The molecule has 0 aliphatic carbocycles. The zero-order valence-corrected chi connectivity index (χ0v) is 7.93. The fourth-order valence-electron chi connectivity index (χ4n) is 1.06. The lowest BCUT2D eigenvalue weighted by atomic mass is 10.2. The van der Waals surface area contributed by atoms with E-state index in [0.29, 0.717) is 12.1 Å². The molecule has 0 aromatic carbocycles. The molecule has 0 aliphatic rings. The Balaban J connectivity index is 3.20. The molecule has 15 heavy (non-hydrogen) atoms. The average Bonchev–Trinajstić information content (AvgIpc) is 2.17. The van der Waals surface area contributed by atoms with Gasteiger partial charge in [0.2, 0.25) is 0 Å². The van der Waals surface area contributed by atoms with E-state index in [-0.39, 0.29) is 17.9 Å². The number of nitrogens with two attached hydrogens (primary N) is 3. The first-order valence-electron chi connectivity index (χ1n) is 4.22. The fourth-order valence-corrected chi connectivity index (χ4v) is 1.06. The van der Waals surface area contributed by atoms with Crippen molar-refractivity contribution < 1.29 is 9.59 Å². The molecule has 0 radical (unpaired) electrons. The third kappa shape index (κ3) is 2.47. The van der Waals surface area contributed by atoms with Gasteiger partial charge in [-0.1, -0.05) is 0 Å². The van der Waals surface area contributed by atoms with Crippen molar-refractivity contribution in [2.75, 3.05) is 6.54 Å². The second kappa shape index (κ2) is 4.47. The van der Waals surface area contributed by atoms with E-state index in [9.17, 15) is 9.59 Å². The summed E-state index contributed by atoms with van der Waals surface area (Å²) in [6.45, 7) is 0.275. The molecule has 0 aliphatic heterocycles. The van der Waals surface area contributed by atoms with Gasteiger partial charge in [0, 0.05) is 6.42 Å². The molecule has 1 heterocycles. The summed E-state index contributed by atoms with van der Waals surface area (Å²) >= 11 is 0. The first-order chi connectivity index (χ1) is 7.06. The Morgan fingerprint density at radius 2 is 1.93 bits per heavy atom. The summed E-state index contributed by atoms with van der Waals surface area (Å²) in [4.78, 5) is 29.3. The Morgan fingerprint density at radius 1 is 1.27 bits per heavy atom. The van der Waals surface area contributed by atoms with E-state index in [4.69, 9.17) is 17.2 Å². The van der Waals surface area contributed by atoms with Crippen molar-refractivity contribution in [2.24, 2.45) is 17.2 Å². The molecular weight excluding hydrogens is 198 g/mol. The van der Waals surface area contributed by atoms with Crippen molar-refractivity contribution in [3.63, 3.8) is 0 Å². The van der Waals surface area contributed by atoms with Crippen LogP contribution >= 0.6 is 0 Å². The monoisotopic (exact) mass is 209 g/mol. The van der Waals surface area contributed by atoms with Crippen LogP contribution in [0.15, 0.2) is 6.20 Å². The van der Waals surface area contributed by atoms with Gasteiger partial charge in [0.25, 0.3) is 11.8 Å². The maximum absolute atomic E-state index is 10.9. The number of primary amides is 2. The highest BCUT2D eigenvalue weighted by Crippen LogP contribution is 2.04. The maximum atomic E-state index is 10.9. The fraction of sp³-hybridized carbons (Fsp3) is 0.250. The van der Waals surface area contributed by atoms with E-state index in [0.717, 1.165) is 6.20 Å². The Hall–Kier alpha value is -2.02. The number of hydrogen-bond donors (Lipinski definition) is 3. The van der Waals surface area contributed by atoms with Gasteiger partial charge in [-0.25, -0.2) is 9.97 Å². The molecule has 0 fully saturated rings. The van der Waals surface area contributed by atoms with Gasteiger partial charge >= 0.3 is 0 Å². The molecular formula is C8H11N5O2. The van der Waals surface area contributed by atoms with Crippen LogP contribution < -0.4 is 17.2 Å². The molecule has 1 aromatic heterocycles. The molecule has 0 atom stereocenters. The summed E-state index contributed by atoms with van der Waals surface area (Å²) in [6, 6.07) is 0. The van der Waals surface area contributed by atoms with Crippen molar-refractivity contribution in [2.45, 2.75) is 6.42 Å². The van der Waals surface area contributed by atoms with Crippen LogP contribution in [0.4, 0.5) is 0 Å². The van der Waals surface area contributed by atoms with E-state index in [1.165, 1.54) is 0 Å². The zero-order valence-electron chi connectivity index (χ0n) is 7.93. The van der Waals surface area contributed by atoms with E-state index >= 15 is 0 Å². The van der Waals surface area contributed by atoms with E-state index in [2.05, 4.69) is 9.97 Å². The topological polar surface area (TPSA) is 138 Å². The highest BCUT2D eigenvalue weighted by molar-refractivity contribution is 5.94. The second-order valence-corrected chi connectivity index (χ2v) is 2.82. The van der Waals surface area contributed by atoms with Crippen LogP contribution in [0.3, 0.4) is 0 Å². The molecule has 0 saturated heterocycles. The van der Waals surface area contributed by atoms with Crippen LogP contribution in [0.1, 0.15) is 26.7 Å². The van der Waals surface area contributed by atoms with Crippen LogP contribution in [0.5, 0.6) is 0 Å². The molecule has 0 spiro atoms. The first kappa shape index (κ1) is 11.1. The molecule has 80 valence electrons. The molecule has 0 saturated carbocycles. The normalized spacial score (nSPS) is 9.93. The Labute approximate surface area is 85.7 Å². The van der Waals surface area contributed by atoms with Gasteiger partial charge in [0.05, 0.1) is 11.9 Å². The third-order valence-electron chi connectivity index (χ3n) is 1.71. The Bertz CT molecular complexity index is 404. The quantitative estimate of drug-likeness (QED) is 0.535. The zero-order chi connectivity index (χ0) is 11.4. The number of nitrogens with zero attached hydrogens (tertiary/aromatic N) is 2. The predicted octanol–water partition coefficient (Wildman–Crippen LogP) is -1.82. The summed E-state index contributed by atoms with van der Waals surface area (Å²) in [6.07, 6.45) is 1.43. The minimum atomic E-state index is -0.711. The lowest BCUT2D eigenvalue weighted by Gasteiger charge is -2.04. The molecule has 2 amide bonds. The van der Waals surface area contributed by atoms with Crippen LogP contribution in [0, 0.1) is 0 Å². The van der Waals surface area contributed by atoms with Gasteiger partial charge in [-0.15, -0.1) is 0 Å². The van der Waals surface area contributed by atoms with Gasteiger partial charge in [-0.2, -0.15) is 0 Å². The van der Waals surface area contributed by atoms with Gasteiger partial charge in [-0.3, -0.25) is 9.59 Å². The number of hydrogen-bond acceptors (Lipinski definition) is 5. The number of aromatic nitrogens is 2. The maximum Gasteiger partial charge on any atom is 0.269 e. The van der Waals surface area contributed by atoms with Crippen molar-refractivity contribution in [3.05, 3.63) is 23.3 Å². The molecule has 1 rings (SSSR count). The number of rotatable bonds is 4.